The molecule has 0 unspecified atom stereocenters. The Labute approximate surface area is 108 Å². The van der Waals surface area contributed by atoms with Gasteiger partial charge in [0.2, 0.25) is 0 Å². The van der Waals surface area contributed by atoms with Gasteiger partial charge < -0.3 is 0 Å². The molecule has 0 fully saturated rings. The van der Waals surface area contributed by atoms with Gasteiger partial charge in [0.1, 0.15) is 0 Å². The zero-order valence-electron chi connectivity index (χ0n) is 9.95. The second-order valence-corrected chi connectivity index (χ2v) is 4.55. The molecule has 0 aromatic heterocycles. The van der Waals surface area contributed by atoms with Crippen molar-refractivity contribution in [3.63, 3.8) is 0 Å². The highest BCUT2D eigenvalue weighted by atomic mass is 35.5. The van der Waals surface area contributed by atoms with E-state index < -0.39 is 0 Å². The third-order valence-corrected chi connectivity index (χ3v) is 3.23. The minimum atomic E-state index is 0.852. The zero-order valence-corrected chi connectivity index (χ0v) is 10.7. The molecule has 1 aromatic carbocycles. The topological polar surface area (TPSA) is 12.0 Å². The van der Waals surface area contributed by atoms with Crippen LogP contribution in [0, 0.1) is 0 Å². The standard InChI is InChI=1S/C15H18ClN/c16-17-12-6-10-14-9-4-5-11-15(14)13-7-2-1-3-8-13/h2,4-5,7-9,11,17H,1,3,6,10,12H2. The molecule has 1 aromatic rings. The predicted octanol–water partition coefficient (Wildman–Crippen LogP) is 4.10. The lowest BCUT2D eigenvalue weighted by molar-refractivity contribution is 0.791. The number of rotatable bonds is 5. The third kappa shape index (κ3) is 3.45. The van der Waals surface area contributed by atoms with E-state index >= 15 is 0 Å². The summed E-state index contributed by atoms with van der Waals surface area (Å²) >= 11 is 5.48. The quantitative estimate of drug-likeness (QED) is 0.610. The van der Waals surface area contributed by atoms with Crippen molar-refractivity contribution in [2.24, 2.45) is 0 Å². The molecular formula is C15H18ClN. The van der Waals surface area contributed by atoms with E-state index in [4.69, 9.17) is 11.8 Å². The fourth-order valence-corrected chi connectivity index (χ4v) is 2.31. The minimum Gasteiger partial charge on any atom is -0.234 e. The summed E-state index contributed by atoms with van der Waals surface area (Å²) in [6, 6.07) is 8.65. The maximum Gasteiger partial charge on any atom is 0.0111 e. The van der Waals surface area contributed by atoms with Gasteiger partial charge in [0.25, 0.3) is 0 Å². The third-order valence-electron chi connectivity index (χ3n) is 3.04. The van der Waals surface area contributed by atoms with Crippen LogP contribution in [0.4, 0.5) is 0 Å². The largest absolute Gasteiger partial charge is 0.234 e. The van der Waals surface area contributed by atoms with Crippen molar-refractivity contribution in [1.82, 2.24) is 4.84 Å². The highest BCUT2D eigenvalue weighted by Crippen LogP contribution is 2.25. The van der Waals surface area contributed by atoms with E-state index in [0.717, 1.165) is 25.8 Å². The van der Waals surface area contributed by atoms with Gasteiger partial charge in [-0.1, -0.05) is 42.5 Å². The van der Waals surface area contributed by atoms with Gasteiger partial charge in [-0.15, -0.1) is 0 Å². The average Bonchev–Trinajstić information content (AvgIpc) is 2.41. The van der Waals surface area contributed by atoms with Crippen LogP contribution in [0.1, 0.15) is 30.4 Å². The second-order valence-electron chi connectivity index (χ2n) is 4.28. The van der Waals surface area contributed by atoms with Gasteiger partial charge in [-0.25, -0.2) is 4.84 Å². The van der Waals surface area contributed by atoms with Crippen molar-refractivity contribution in [1.29, 1.82) is 0 Å². The van der Waals surface area contributed by atoms with E-state index in [-0.39, 0.29) is 0 Å². The summed E-state index contributed by atoms with van der Waals surface area (Å²) in [5.74, 6) is 0. The first-order valence-electron chi connectivity index (χ1n) is 6.20. The monoisotopic (exact) mass is 247 g/mol. The highest BCUT2D eigenvalue weighted by Gasteiger charge is 2.06. The summed E-state index contributed by atoms with van der Waals surface area (Å²) in [7, 11) is 0. The van der Waals surface area contributed by atoms with Gasteiger partial charge in [0, 0.05) is 6.54 Å². The van der Waals surface area contributed by atoms with Gasteiger partial charge in [0.05, 0.1) is 0 Å². The van der Waals surface area contributed by atoms with Crippen molar-refractivity contribution in [3.8, 4) is 0 Å². The number of benzene rings is 1. The Bertz CT molecular complexity index is 421. The lowest BCUT2D eigenvalue weighted by Crippen LogP contribution is -2.03. The van der Waals surface area contributed by atoms with Gasteiger partial charge >= 0.3 is 0 Å². The molecule has 90 valence electrons. The van der Waals surface area contributed by atoms with Crippen LogP contribution in [0.15, 0.2) is 42.5 Å². The predicted molar refractivity (Wildman–Crippen MR) is 75.0 cm³/mol. The summed E-state index contributed by atoms with van der Waals surface area (Å²) in [5.41, 5.74) is 4.15. The zero-order chi connectivity index (χ0) is 11.9. The van der Waals surface area contributed by atoms with Crippen LogP contribution in [0.5, 0.6) is 0 Å². The number of nitrogens with one attached hydrogen (secondary N) is 1. The summed E-state index contributed by atoms with van der Waals surface area (Å²) in [4.78, 5) is 2.68. The molecule has 1 N–H and O–H groups in total. The molecule has 0 atom stereocenters. The molecule has 0 saturated heterocycles. The Kier molecular flexibility index (Phi) is 4.84. The fraction of sp³-hybridized carbons (Fsp3) is 0.333. The van der Waals surface area contributed by atoms with E-state index in [1.54, 1.807) is 0 Å². The van der Waals surface area contributed by atoms with E-state index in [9.17, 15) is 0 Å². The lowest BCUT2D eigenvalue weighted by atomic mass is 9.93. The Balaban J connectivity index is 2.15. The summed E-state index contributed by atoms with van der Waals surface area (Å²) < 4.78 is 0. The van der Waals surface area contributed by atoms with Crippen molar-refractivity contribution < 1.29 is 0 Å². The SMILES string of the molecule is ClNCCCc1ccccc1C1=CCCC=C1. The van der Waals surface area contributed by atoms with Crippen LogP contribution in [0.3, 0.4) is 0 Å². The normalized spacial score (nSPS) is 14.8. The van der Waals surface area contributed by atoms with E-state index in [1.807, 2.05) is 0 Å². The molecule has 0 spiro atoms. The first kappa shape index (κ1) is 12.4. The first-order chi connectivity index (χ1) is 8.42. The number of hydrogen-bond donors (Lipinski definition) is 1. The molecule has 0 saturated carbocycles. The molecule has 0 radical (unpaired) electrons. The number of aryl methyl sites for hydroxylation is 1. The molecule has 1 nitrogen and oxygen atoms in total. The molecule has 2 heteroatoms. The fourth-order valence-electron chi connectivity index (χ4n) is 2.18. The molecule has 17 heavy (non-hydrogen) atoms. The van der Waals surface area contributed by atoms with Crippen LogP contribution in [0.2, 0.25) is 0 Å². The second kappa shape index (κ2) is 6.63. The van der Waals surface area contributed by atoms with Crippen molar-refractivity contribution in [2.75, 3.05) is 6.54 Å². The molecule has 0 bridgehead atoms. The maximum absolute atomic E-state index is 5.48. The van der Waals surface area contributed by atoms with E-state index in [2.05, 4.69) is 47.3 Å². The molecule has 0 amide bonds. The van der Waals surface area contributed by atoms with Crippen LogP contribution in [0.25, 0.3) is 5.57 Å². The summed E-state index contributed by atoms with van der Waals surface area (Å²) in [5, 5.41) is 0. The van der Waals surface area contributed by atoms with Gasteiger partial charge in [0.15, 0.2) is 0 Å². The Morgan fingerprint density at radius 2 is 2.06 bits per heavy atom. The molecule has 0 heterocycles. The van der Waals surface area contributed by atoms with Crippen molar-refractivity contribution in [2.45, 2.75) is 25.7 Å². The molecule has 1 aliphatic carbocycles. The Morgan fingerprint density at radius 1 is 1.18 bits per heavy atom. The van der Waals surface area contributed by atoms with Crippen molar-refractivity contribution >= 4 is 17.3 Å². The van der Waals surface area contributed by atoms with Gasteiger partial charge in [-0.3, -0.25) is 0 Å². The van der Waals surface area contributed by atoms with Gasteiger partial charge in [-0.05, 0) is 54.2 Å². The molecule has 0 aliphatic heterocycles. The summed E-state index contributed by atoms with van der Waals surface area (Å²) in [6.45, 7) is 0.852. The minimum absolute atomic E-state index is 0.852. The molecular weight excluding hydrogens is 230 g/mol. The highest BCUT2D eigenvalue weighted by molar-refractivity contribution is 6.13. The summed E-state index contributed by atoms with van der Waals surface area (Å²) in [6.07, 6.45) is 11.3. The van der Waals surface area contributed by atoms with Crippen LogP contribution in [-0.4, -0.2) is 6.54 Å². The van der Waals surface area contributed by atoms with Gasteiger partial charge in [-0.2, -0.15) is 0 Å². The van der Waals surface area contributed by atoms with E-state index in [0.29, 0.717) is 0 Å². The average molecular weight is 248 g/mol. The molecule has 1 aliphatic rings. The maximum atomic E-state index is 5.48. The number of allylic oxidation sites excluding steroid dienone is 4. The van der Waals surface area contributed by atoms with Crippen molar-refractivity contribution in [3.05, 3.63) is 53.6 Å². The first-order valence-corrected chi connectivity index (χ1v) is 6.58. The Hall–Kier alpha value is -1.05. The number of hydrogen-bond acceptors (Lipinski definition) is 1. The van der Waals surface area contributed by atoms with E-state index in [1.165, 1.54) is 23.1 Å². The Morgan fingerprint density at radius 3 is 2.82 bits per heavy atom. The smallest absolute Gasteiger partial charge is 0.0111 e. The van der Waals surface area contributed by atoms with Crippen LogP contribution >= 0.6 is 11.8 Å². The lowest BCUT2D eigenvalue weighted by Gasteiger charge is -2.12. The van der Waals surface area contributed by atoms with Crippen LogP contribution in [-0.2, 0) is 6.42 Å². The van der Waals surface area contributed by atoms with Crippen LogP contribution < -0.4 is 4.84 Å². The number of halogens is 1. The molecule has 2 rings (SSSR count).